The maximum Gasteiger partial charge on any atom is 0.319 e. The predicted molar refractivity (Wildman–Crippen MR) is 119 cm³/mol. The number of benzene rings is 2. The largest absolute Gasteiger partial charge is 0.394 e. The van der Waals surface area contributed by atoms with Crippen LogP contribution in [-0.2, 0) is 14.8 Å². The summed E-state index contributed by atoms with van der Waals surface area (Å²) in [4.78, 5) is 12.0. The highest BCUT2D eigenvalue weighted by atomic mass is 35.5. The number of anilines is 1. The van der Waals surface area contributed by atoms with Gasteiger partial charge in [-0.3, -0.25) is 0 Å². The number of nitrogens with one attached hydrogen (secondary N) is 3. The molecule has 174 valence electrons. The van der Waals surface area contributed by atoms with E-state index >= 15 is 0 Å². The van der Waals surface area contributed by atoms with Gasteiger partial charge in [-0.2, -0.15) is 0 Å². The van der Waals surface area contributed by atoms with Gasteiger partial charge in [-0.1, -0.05) is 11.6 Å². The van der Waals surface area contributed by atoms with Crippen molar-refractivity contribution >= 4 is 33.3 Å². The lowest BCUT2D eigenvalue weighted by Gasteiger charge is -2.36. The number of carbonyl (C=O) groups excluding carboxylic acids is 1. The van der Waals surface area contributed by atoms with Crippen LogP contribution in [-0.4, -0.2) is 51.0 Å². The van der Waals surface area contributed by atoms with Gasteiger partial charge in [0.2, 0.25) is 10.0 Å². The molecule has 0 aliphatic carbocycles. The third-order valence-corrected chi connectivity index (χ3v) is 6.84. The molecule has 1 heterocycles. The van der Waals surface area contributed by atoms with E-state index in [4.69, 9.17) is 16.3 Å². The van der Waals surface area contributed by atoms with E-state index in [1.54, 1.807) is 0 Å². The summed E-state index contributed by atoms with van der Waals surface area (Å²) < 4.78 is 46.6. The van der Waals surface area contributed by atoms with E-state index in [0.29, 0.717) is 36.5 Å². The Hall–Kier alpha value is -2.24. The average Bonchev–Trinajstić information content (AvgIpc) is 2.76. The first-order chi connectivity index (χ1) is 15.3. The van der Waals surface area contributed by atoms with E-state index in [1.165, 1.54) is 48.5 Å². The SMILES string of the molecule is O=C(NCC[C@@H]1CC[C@@H](NS(=O)(=O)c2ccc(Cl)cc2)[C@@H](CO)O1)Nc1ccc(F)cc1. The Bertz CT molecular complexity index is 1010. The van der Waals surface area contributed by atoms with Crippen molar-refractivity contribution < 1.29 is 27.4 Å². The fraction of sp³-hybridized carbons (Fsp3) is 0.381. The number of aliphatic hydroxyl groups excluding tert-OH is 1. The second-order valence-corrected chi connectivity index (χ2v) is 9.57. The third kappa shape index (κ3) is 6.88. The van der Waals surface area contributed by atoms with Gasteiger partial charge in [-0.15, -0.1) is 0 Å². The molecule has 1 aliphatic heterocycles. The van der Waals surface area contributed by atoms with Crippen LogP contribution in [0.25, 0.3) is 0 Å². The molecule has 1 fully saturated rings. The molecule has 0 saturated carbocycles. The van der Waals surface area contributed by atoms with E-state index in [0.717, 1.165) is 0 Å². The number of hydrogen-bond donors (Lipinski definition) is 4. The molecule has 0 aromatic heterocycles. The molecule has 2 amide bonds. The molecule has 0 bridgehead atoms. The van der Waals surface area contributed by atoms with Crippen LogP contribution in [0.2, 0.25) is 5.02 Å². The first-order valence-corrected chi connectivity index (χ1v) is 12.0. The molecule has 1 saturated heterocycles. The molecule has 4 N–H and O–H groups in total. The number of carbonyl (C=O) groups is 1. The Labute approximate surface area is 191 Å². The van der Waals surface area contributed by atoms with Crippen molar-refractivity contribution in [3.63, 3.8) is 0 Å². The van der Waals surface area contributed by atoms with Gasteiger partial charge in [0, 0.05) is 17.3 Å². The van der Waals surface area contributed by atoms with Gasteiger partial charge in [0.05, 0.1) is 29.8 Å². The third-order valence-electron chi connectivity index (χ3n) is 5.08. The number of aliphatic hydroxyl groups is 1. The van der Waals surface area contributed by atoms with Crippen molar-refractivity contribution in [2.24, 2.45) is 0 Å². The number of sulfonamides is 1. The summed E-state index contributed by atoms with van der Waals surface area (Å²) in [6.07, 6.45) is 0.582. The van der Waals surface area contributed by atoms with Crippen molar-refractivity contribution in [2.75, 3.05) is 18.5 Å². The number of hydrogen-bond acceptors (Lipinski definition) is 5. The van der Waals surface area contributed by atoms with Crippen LogP contribution in [0.1, 0.15) is 19.3 Å². The van der Waals surface area contributed by atoms with Crippen molar-refractivity contribution in [3.8, 4) is 0 Å². The van der Waals surface area contributed by atoms with Crippen LogP contribution in [0.5, 0.6) is 0 Å². The maximum atomic E-state index is 12.9. The zero-order valence-electron chi connectivity index (χ0n) is 17.1. The lowest BCUT2D eigenvalue weighted by molar-refractivity contribution is -0.0871. The van der Waals surface area contributed by atoms with E-state index < -0.39 is 34.0 Å². The molecule has 32 heavy (non-hydrogen) atoms. The predicted octanol–water partition coefficient (Wildman–Crippen LogP) is 2.88. The summed E-state index contributed by atoms with van der Waals surface area (Å²) in [6, 6.07) is 10.2. The van der Waals surface area contributed by atoms with Crippen LogP contribution in [0, 0.1) is 5.82 Å². The van der Waals surface area contributed by atoms with E-state index in [9.17, 15) is 22.7 Å². The van der Waals surface area contributed by atoms with Gasteiger partial charge in [0.25, 0.3) is 0 Å². The molecule has 2 aromatic rings. The average molecular weight is 486 g/mol. The summed E-state index contributed by atoms with van der Waals surface area (Å²) in [6.45, 7) is -0.0280. The second-order valence-electron chi connectivity index (χ2n) is 7.41. The van der Waals surface area contributed by atoms with Gasteiger partial charge in [0.1, 0.15) is 5.82 Å². The highest BCUT2D eigenvalue weighted by Crippen LogP contribution is 2.24. The van der Waals surface area contributed by atoms with Gasteiger partial charge in [-0.05, 0) is 67.8 Å². The first-order valence-electron chi connectivity index (χ1n) is 10.1. The number of rotatable bonds is 8. The Morgan fingerprint density at radius 3 is 2.47 bits per heavy atom. The molecule has 1 aliphatic rings. The Morgan fingerprint density at radius 2 is 1.81 bits per heavy atom. The minimum Gasteiger partial charge on any atom is -0.394 e. The lowest BCUT2D eigenvalue weighted by atomic mass is 9.98. The maximum absolute atomic E-state index is 12.9. The Kier molecular flexibility index (Phi) is 8.44. The standard InChI is InChI=1S/C21H25ClFN3O5S/c22-14-1-8-18(9-2-14)32(29,30)26-19-10-7-17(31-20(19)13-27)11-12-24-21(28)25-16-5-3-15(23)4-6-16/h1-6,8-9,17,19-20,26-27H,7,10-13H2,(H2,24,25,28)/t17-,19+,20+/m0/s1. The molecular weight excluding hydrogens is 461 g/mol. The van der Waals surface area contributed by atoms with Gasteiger partial charge < -0.3 is 20.5 Å². The highest BCUT2D eigenvalue weighted by molar-refractivity contribution is 7.89. The summed E-state index contributed by atoms with van der Waals surface area (Å²) in [5, 5.41) is 15.4. The zero-order valence-corrected chi connectivity index (χ0v) is 18.7. The van der Waals surface area contributed by atoms with Crippen molar-refractivity contribution in [2.45, 2.75) is 42.4 Å². The molecule has 8 nitrogen and oxygen atoms in total. The first kappa shape index (κ1) is 24.4. The van der Waals surface area contributed by atoms with Crippen molar-refractivity contribution in [3.05, 3.63) is 59.4 Å². The van der Waals surface area contributed by atoms with Crippen molar-refractivity contribution in [1.82, 2.24) is 10.0 Å². The van der Waals surface area contributed by atoms with Crippen LogP contribution < -0.4 is 15.4 Å². The van der Waals surface area contributed by atoms with E-state index in [-0.39, 0.29) is 17.6 Å². The van der Waals surface area contributed by atoms with Crippen LogP contribution >= 0.6 is 11.6 Å². The fourth-order valence-corrected chi connectivity index (χ4v) is 4.84. The summed E-state index contributed by atoms with van der Waals surface area (Å²) in [7, 11) is -3.79. The zero-order chi connectivity index (χ0) is 23.1. The molecule has 2 aromatic carbocycles. The van der Waals surface area contributed by atoms with Crippen molar-refractivity contribution in [1.29, 1.82) is 0 Å². The van der Waals surface area contributed by atoms with Crippen LogP contribution in [0.3, 0.4) is 0 Å². The van der Waals surface area contributed by atoms with Gasteiger partial charge in [0.15, 0.2) is 0 Å². The molecule has 3 atom stereocenters. The normalized spacial score (nSPS) is 21.2. The highest BCUT2D eigenvalue weighted by Gasteiger charge is 2.33. The molecule has 3 rings (SSSR count). The molecule has 0 spiro atoms. The number of ether oxygens (including phenoxy) is 1. The van der Waals surface area contributed by atoms with Crippen LogP contribution in [0.15, 0.2) is 53.4 Å². The molecule has 0 radical (unpaired) electrons. The molecular formula is C21H25ClFN3O5S. The summed E-state index contributed by atoms with van der Waals surface area (Å²) in [5.74, 6) is -0.391. The van der Waals surface area contributed by atoms with E-state index in [1.807, 2.05) is 0 Å². The monoisotopic (exact) mass is 485 g/mol. The lowest BCUT2D eigenvalue weighted by Crippen LogP contribution is -2.51. The topological polar surface area (TPSA) is 117 Å². The Morgan fingerprint density at radius 1 is 1.12 bits per heavy atom. The number of amides is 2. The number of urea groups is 1. The smallest absolute Gasteiger partial charge is 0.319 e. The molecule has 0 unspecified atom stereocenters. The second kappa shape index (κ2) is 11.1. The minimum absolute atomic E-state index is 0.0806. The molecule has 11 heteroatoms. The minimum atomic E-state index is -3.79. The fourth-order valence-electron chi connectivity index (χ4n) is 3.42. The summed E-state index contributed by atoms with van der Waals surface area (Å²) in [5.41, 5.74) is 0.467. The number of halogens is 2. The van der Waals surface area contributed by atoms with E-state index in [2.05, 4.69) is 15.4 Å². The quantitative estimate of drug-likeness (QED) is 0.458. The Balaban J connectivity index is 1.46. The van der Waals surface area contributed by atoms with Crippen LogP contribution in [0.4, 0.5) is 14.9 Å². The van der Waals surface area contributed by atoms with Gasteiger partial charge in [-0.25, -0.2) is 22.3 Å². The summed E-state index contributed by atoms with van der Waals surface area (Å²) >= 11 is 5.81. The van der Waals surface area contributed by atoms with Gasteiger partial charge >= 0.3 is 6.03 Å².